The summed E-state index contributed by atoms with van der Waals surface area (Å²) in [5.41, 5.74) is -0.261. The third kappa shape index (κ3) is 1.51. The van der Waals surface area contributed by atoms with E-state index >= 15 is 0 Å². The summed E-state index contributed by atoms with van der Waals surface area (Å²) in [5.74, 6) is -1.88. The van der Waals surface area contributed by atoms with Crippen LogP contribution in [0.2, 0.25) is 0 Å². The van der Waals surface area contributed by atoms with E-state index in [1.54, 1.807) is 0 Å². The van der Waals surface area contributed by atoms with Gasteiger partial charge in [-0.25, -0.2) is 9.18 Å². The summed E-state index contributed by atoms with van der Waals surface area (Å²) < 4.78 is 14.7. The predicted molar refractivity (Wildman–Crippen MR) is 60.8 cm³/mol. The molecule has 2 rings (SSSR count). The van der Waals surface area contributed by atoms with Gasteiger partial charge in [0.1, 0.15) is 5.82 Å². The van der Waals surface area contributed by atoms with Gasteiger partial charge in [-0.15, -0.1) is 0 Å². The van der Waals surface area contributed by atoms with E-state index < -0.39 is 17.3 Å². The Kier molecular flexibility index (Phi) is 2.46. The topological polar surface area (TPSA) is 59.3 Å². The van der Waals surface area contributed by atoms with Gasteiger partial charge in [-0.3, -0.25) is 4.79 Å². The molecule has 0 atom stereocenters. The maximum Gasteiger partial charge on any atom is 0.338 e. The van der Waals surface area contributed by atoms with Crippen LogP contribution in [-0.2, 0) is 7.05 Å². The number of carboxylic acid groups (broad SMARTS) is 1. The van der Waals surface area contributed by atoms with Gasteiger partial charge in [-0.1, -0.05) is 12.1 Å². The summed E-state index contributed by atoms with van der Waals surface area (Å²) in [6.45, 7) is 1.52. The van der Waals surface area contributed by atoms with Crippen molar-refractivity contribution in [2.24, 2.45) is 7.05 Å². The van der Waals surface area contributed by atoms with Gasteiger partial charge in [0, 0.05) is 18.1 Å². The van der Waals surface area contributed by atoms with Crippen LogP contribution in [0, 0.1) is 12.7 Å². The fraction of sp³-hybridized carbons (Fsp3) is 0.167. The van der Waals surface area contributed by atoms with Crippen LogP contribution >= 0.6 is 0 Å². The number of hydrogen-bond acceptors (Lipinski definition) is 2. The second-order valence-corrected chi connectivity index (χ2v) is 3.79. The minimum Gasteiger partial charge on any atom is -0.478 e. The van der Waals surface area contributed by atoms with Crippen molar-refractivity contribution in [3.8, 4) is 0 Å². The van der Waals surface area contributed by atoms with Crippen molar-refractivity contribution in [1.82, 2.24) is 4.57 Å². The molecule has 1 aromatic carbocycles. The first-order valence-electron chi connectivity index (χ1n) is 4.96. The molecule has 1 heterocycles. The lowest BCUT2D eigenvalue weighted by atomic mass is 10.0. The summed E-state index contributed by atoms with van der Waals surface area (Å²) in [6.07, 6.45) is 0. The fourth-order valence-corrected chi connectivity index (χ4v) is 1.90. The monoisotopic (exact) mass is 235 g/mol. The smallest absolute Gasteiger partial charge is 0.338 e. The predicted octanol–water partition coefficient (Wildman–Crippen LogP) is 1.68. The Morgan fingerprint density at radius 3 is 2.65 bits per heavy atom. The Balaban J connectivity index is 3.16. The van der Waals surface area contributed by atoms with Crippen molar-refractivity contribution in [1.29, 1.82) is 0 Å². The fourth-order valence-electron chi connectivity index (χ4n) is 1.90. The van der Waals surface area contributed by atoms with Crippen LogP contribution in [-0.4, -0.2) is 15.6 Å². The average Bonchev–Trinajstić information content (AvgIpc) is 2.25. The Morgan fingerprint density at radius 1 is 1.41 bits per heavy atom. The molecule has 0 aliphatic heterocycles. The number of rotatable bonds is 1. The van der Waals surface area contributed by atoms with Crippen LogP contribution in [0.15, 0.2) is 23.0 Å². The van der Waals surface area contributed by atoms with Crippen molar-refractivity contribution in [2.45, 2.75) is 6.92 Å². The molecule has 1 aromatic heterocycles. The molecule has 0 saturated heterocycles. The molecule has 4 nitrogen and oxygen atoms in total. The van der Waals surface area contributed by atoms with Crippen LogP contribution in [0.5, 0.6) is 0 Å². The zero-order chi connectivity index (χ0) is 12.7. The highest BCUT2D eigenvalue weighted by Gasteiger charge is 2.18. The van der Waals surface area contributed by atoms with Crippen LogP contribution in [0.3, 0.4) is 0 Å². The number of carbonyl (C=O) groups is 1. The molecule has 1 N–H and O–H groups in total. The largest absolute Gasteiger partial charge is 0.478 e. The number of pyridine rings is 1. The third-order valence-corrected chi connectivity index (χ3v) is 2.88. The van der Waals surface area contributed by atoms with Crippen molar-refractivity contribution in [3.63, 3.8) is 0 Å². The number of aromatic carboxylic acids is 1. The number of aromatic nitrogens is 1. The quantitative estimate of drug-likeness (QED) is 0.818. The normalized spacial score (nSPS) is 10.8. The highest BCUT2D eigenvalue weighted by Crippen LogP contribution is 2.21. The van der Waals surface area contributed by atoms with Gasteiger partial charge in [0.2, 0.25) is 0 Å². The summed E-state index contributed by atoms with van der Waals surface area (Å²) in [7, 11) is 1.43. The molecular weight excluding hydrogens is 225 g/mol. The lowest BCUT2D eigenvalue weighted by Crippen LogP contribution is -2.23. The van der Waals surface area contributed by atoms with Crippen LogP contribution in [0.1, 0.15) is 16.1 Å². The summed E-state index contributed by atoms with van der Waals surface area (Å²) in [4.78, 5) is 23.0. The van der Waals surface area contributed by atoms with Crippen LogP contribution < -0.4 is 5.56 Å². The number of carboxylic acids is 1. The zero-order valence-electron chi connectivity index (χ0n) is 9.32. The lowest BCUT2D eigenvalue weighted by molar-refractivity contribution is 0.0697. The molecular formula is C12H10FNO3. The lowest BCUT2D eigenvalue weighted by Gasteiger charge is -2.11. The molecule has 0 amide bonds. The second-order valence-electron chi connectivity index (χ2n) is 3.79. The molecule has 0 fully saturated rings. The molecule has 0 unspecified atom stereocenters. The van der Waals surface area contributed by atoms with Gasteiger partial charge >= 0.3 is 5.97 Å². The van der Waals surface area contributed by atoms with E-state index in [2.05, 4.69) is 0 Å². The first kappa shape index (κ1) is 11.3. The summed E-state index contributed by atoms with van der Waals surface area (Å²) in [6, 6.07) is 3.98. The number of benzene rings is 1. The molecule has 0 radical (unpaired) electrons. The Bertz CT molecular complexity index is 688. The van der Waals surface area contributed by atoms with Crippen molar-refractivity contribution in [3.05, 3.63) is 45.6 Å². The van der Waals surface area contributed by atoms with E-state index in [1.165, 1.54) is 26.1 Å². The molecule has 0 saturated carbocycles. The molecule has 17 heavy (non-hydrogen) atoms. The third-order valence-electron chi connectivity index (χ3n) is 2.88. The minimum atomic E-state index is -1.17. The molecule has 0 aliphatic rings. The van der Waals surface area contributed by atoms with Gasteiger partial charge in [-0.05, 0) is 13.0 Å². The van der Waals surface area contributed by atoms with Crippen molar-refractivity contribution < 1.29 is 14.3 Å². The highest BCUT2D eigenvalue weighted by atomic mass is 19.1. The summed E-state index contributed by atoms with van der Waals surface area (Å²) >= 11 is 0. The Morgan fingerprint density at radius 2 is 2.06 bits per heavy atom. The Labute approximate surface area is 95.9 Å². The molecule has 0 spiro atoms. The van der Waals surface area contributed by atoms with E-state index in [0.717, 1.165) is 10.6 Å². The molecule has 0 bridgehead atoms. The summed E-state index contributed by atoms with van der Waals surface area (Å²) in [5, 5.41) is 9.09. The molecule has 0 aliphatic carbocycles. The minimum absolute atomic E-state index is 0.0402. The average molecular weight is 235 g/mol. The maximum absolute atomic E-state index is 13.6. The number of hydrogen-bond donors (Lipinski definition) is 1. The van der Waals surface area contributed by atoms with E-state index in [-0.39, 0.29) is 16.3 Å². The SMILES string of the molecule is Cc1c(C(=O)O)c2cccc(F)c2c(=O)n1C. The van der Waals surface area contributed by atoms with Crippen LogP contribution in [0.4, 0.5) is 4.39 Å². The molecule has 5 heteroatoms. The standard InChI is InChI=1S/C12H10FNO3/c1-6-9(12(16)17)7-4-3-5-8(13)10(7)11(15)14(6)2/h3-5H,1-2H3,(H,16,17). The second kappa shape index (κ2) is 3.69. The van der Waals surface area contributed by atoms with Gasteiger partial charge in [0.15, 0.2) is 0 Å². The number of fused-ring (bicyclic) bond motifs is 1. The zero-order valence-corrected chi connectivity index (χ0v) is 9.32. The van der Waals surface area contributed by atoms with Gasteiger partial charge < -0.3 is 9.67 Å². The van der Waals surface area contributed by atoms with E-state index in [0.29, 0.717) is 5.69 Å². The maximum atomic E-state index is 13.6. The Hall–Kier alpha value is -2.17. The van der Waals surface area contributed by atoms with Crippen molar-refractivity contribution in [2.75, 3.05) is 0 Å². The number of nitrogens with zero attached hydrogens (tertiary/aromatic N) is 1. The van der Waals surface area contributed by atoms with Gasteiger partial charge in [0.05, 0.1) is 10.9 Å². The van der Waals surface area contributed by atoms with E-state index in [4.69, 9.17) is 5.11 Å². The first-order chi connectivity index (χ1) is 7.95. The number of halogens is 1. The van der Waals surface area contributed by atoms with Crippen molar-refractivity contribution >= 4 is 16.7 Å². The molecule has 88 valence electrons. The van der Waals surface area contributed by atoms with E-state index in [1.807, 2.05) is 0 Å². The van der Waals surface area contributed by atoms with E-state index in [9.17, 15) is 14.0 Å². The van der Waals surface area contributed by atoms with Gasteiger partial charge in [0.25, 0.3) is 5.56 Å². The van der Waals surface area contributed by atoms with Crippen LogP contribution in [0.25, 0.3) is 10.8 Å². The molecule has 2 aromatic rings. The van der Waals surface area contributed by atoms with Gasteiger partial charge in [-0.2, -0.15) is 0 Å². The first-order valence-corrected chi connectivity index (χ1v) is 4.96. The highest BCUT2D eigenvalue weighted by molar-refractivity contribution is 6.04.